The van der Waals surface area contributed by atoms with E-state index in [-0.39, 0.29) is 0 Å². The Morgan fingerprint density at radius 2 is 2.11 bits per heavy atom. The van der Waals surface area contributed by atoms with E-state index in [1.165, 1.54) is 0 Å². The Morgan fingerprint density at radius 3 is 2.79 bits per heavy atom. The van der Waals surface area contributed by atoms with Crippen LogP contribution in [0.1, 0.15) is 18.1 Å². The van der Waals surface area contributed by atoms with Crippen molar-refractivity contribution in [1.29, 1.82) is 0 Å². The van der Waals surface area contributed by atoms with Crippen LogP contribution in [-0.4, -0.2) is 16.5 Å². The van der Waals surface area contributed by atoms with Crippen molar-refractivity contribution in [1.82, 2.24) is 15.3 Å². The van der Waals surface area contributed by atoms with E-state index in [2.05, 4.69) is 44.2 Å². The van der Waals surface area contributed by atoms with Crippen molar-refractivity contribution in [2.45, 2.75) is 20.4 Å². The summed E-state index contributed by atoms with van der Waals surface area (Å²) in [5, 5.41) is 3.27. The summed E-state index contributed by atoms with van der Waals surface area (Å²) < 4.78 is 6.61. The lowest BCUT2D eigenvalue weighted by molar-refractivity contribution is 0.455. The molecule has 4 nitrogen and oxygen atoms in total. The molecule has 0 aliphatic carbocycles. The average Bonchev–Trinajstić information content (AvgIpc) is 2.39. The fraction of sp³-hybridized carbons (Fsp3) is 0.286. The second-order valence-electron chi connectivity index (χ2n) is 4.19. The molecule has 0 unspecified atom stereocenters. The third kappa shape index (κ3) is 4.01. The smallest absolute Gasteiger partial charge is 0.222 e. The molecule has 2 aromatic rings. The summed E-state index contributed by atoms with van der Waals surface area (Å²) in [7, 11) is 0. The molecule has 1 N–H and O–H groups in total. The zero-order valence-corrected chi connectivity index (χ0v) is 12.6. The van der Waals surface area contributed by atoms with Gasteiger partial charge in [-0.3, -0.25) is 4.98 Å². The molecule has 0 radical (unpaired) electrons. The summed E-state index contributed by atoms with van der Waals surface area (Å²) in [6.07, 6.45) is 5.21. The molecule has 0 spiro atoms. The minimum atomic E-state index is 0.611. The number of hydrogen-bond donors (Lipinski definition) is 1. The molecule has 0 bridgehead atoms. The average molecular weight is 322 g/mol. The number of ether oxygens (including phenoxy) is 1. The van der Waals surface area contributed by atoms with E-state index < -0.39 is 0 Å². The molecular weight excluding hydrogens is 306 g/mol. The predicted octanol–water partition coefficient (Wildman–Crippen LogP) is 3.45. The monoisotopic (exact) mass is 321 g/mol. The number of aryl methyl sites for hydroxylation is 1. The molecule has 100 valence electrons. The normalized spacial score (nSPS) is 10.5. The highest BCUT2D eigenvalue weighted by Gasteiger charge is 2.05. The molecule has 5 heteroatoms. The summed E-state index contributed by atoms with van der Waals surface area (Å²) in [6.45, 7) is 5.84. The van der Waals surface area contributed by atoms with Gasteiger partial charge in [-0.1, -0.05) is 6.92 Å². The SMILES string of the molecule is CCNCc1cnc(Oc2cncc(Br)c2)c(C)c1. The second kappa shape index (κ2) is 6.63. The zero-order valence-electron chi connectivity index (χ0n) is 11.0. The van der Waals surface area contributed by atoms with Gasteiger partial charge in [0.1, 0.15) is 5.75 Å². The standard InChI is InChI=1S/C14H16BrN3O/c1-3-16-6-11-4-10(2)14(18-7-11)19-13-5-12(15)8-17-9-13/h4-5,7-9,16H,3,6H2,1-2H3. The van der Waals surface area contributed by atoms with Crippen LogP contribution in [0.2, 0.25) is 0 Å². The summed E-state index contributed by atoms with van der Waals surface area (Å²) in [5.74, 6) is 1.28. The Balaban J connectivity index is 2.13. The second-order valence-corrected chi connectivity index (χ2v) is 5.10. The Kier molecular flexibility index (Phi) is 4.87. The van der Waals surface area contributed by atoms with Gasteiger partial charge in [-0.05, 0) is 47.1 Å². The maximum Gasteiger partial charge on any atom is 0.222 e. The molecule has 0 aliphatic heterocycles. The van der Waals surface area contributed by atoms with Crippen molar-refractivity contribution in [3.63, 3.8) is 0 Å². The molecule has 2 rings (SSSR count). The lowest BCUT2D eigenvalue weighted by atomic mass is 10.2. The molecule has 0 aromatic carbocycles. The fourth-order valence-corrected chi connectivity index (χ4v) is 2.00. The van der Waals surface area contributed by atoms with Gasteiger partial charge in [-0.25, -0.2) is 4.98 Å². The van der Waals surface area contributed by atoms with Crippen LogP contribution >= 0.6 is 15.9 Å². The number of aromatic nitrogens is 2. The quantitative estimate of drug-likeness (QED) is 0.916. The first-order chi connectivity index (χ1) is 9.19. The molecule has 0 atom stereocenters. The Labute approximate surface area is 121 Å². The first-order valence-corrected chi connectivity index (χ1v) is 6.93. The van der Waals surface area contributed by atoms with Crippen LogP contribution in [0.5, 0.6) is 11.6 Å². The van der Waals surface area contributed by atoms with E-state index in [4.69, 9.17) is 4.74 Å². The van der Waals surface area contributed by atoms with Crippen LogP contribution in [0.25, 0.3) is 0 Å². The van der Waals surface area contributed by atoms with E-state index in [0.717, 1.165) is 28.7 Å². The van der Waals surface area contributed by atoms with Gasteiger partial charge in [0.15, 0.2) is 0 Å². The number of halogens is 1. The van der Waals surface area contributed by atoms with Gasteiger partial charge in [0.25, 0.3) is 0 Å². The van der Waals surface area contributed by atoms with Gasteiger partial charge in [0.2, 0.25) is 5.88 Å². The minimum Gasteiger partial charge on any atom is -0.437 e. The summed E-state index contributed by atoms with van der Waals surface area (Å²) >= 11 is 3.36. The van der Waals surface area contributed by atoms with Crippen LogP contribution in [0.15, 0.2) is 35.2 Å². The molecule has 19 heavy (non-hydrogen) atoms. The van der Waals surface area contributed by atoms with Gasteiger partial charge in [-0.15, -0.1) is 0 Å². The maximum absolute atomic E-state index is 5.73. The van der Waals surface area contributed by atoms with Crippen LogP contribution in [0.3, 0.4) is 0 Å². The Bertz CT molecular complexity index is 560. The van der Waals surface area contributed by atoms with Crippen molar-refractivity contribution in [2.75, 3.05) is 6.54 Å². The lowest BCUT2D eigenvalue weighted by Crippen LogP contribution is -2.12. The number of hydrogen-bond acceptors (Lipinski definition) is 4. The van der Waals surface area contributed by atoms with Crippen molar-refractivity contribution in [3.8, 4) is 11.6 Å². The van der Waals surface area contributed by atoms with E-state index in [9.17, 15) is 0 Å². The predicted molar refractivity (Wildman–Crippen MR) is 78.4 cm³/mol. The number of rotatable bonds is 5. The molecule has 0 amide bonds. The van der Waals surface area contributed by atoms with Gasteiger partial charge < -0.3 is 10.1 Å². The van der Waals surface area contributed by atoms with Crippen LogP contribution in [-0.2, 0) is 6.54 Å². The van der Waals surface area contributed by atoms with Crippen molar-refractivity contribution in [2.24, 2.45) is 0 Å². The lowest BCUT2D eigenvalue weighted by Gasteiger charge is -2.09. The van der Waals surface area contributed by atoms with E-state index in [1.807, 2.05) is 19.2 Å². The highest BCUT2D eigenvalue weighted by atomic mass is 79.9. The zero-order chi connectivity index (χ0) is 13.7. The number of nitrogens with zero attached hydrogens (tertiary/aromatic N) is 2. The largest absolute Gasteiger partial charge is 0.437 e. The highest BCUT2D eigenvalue weighted by molar-refractivity contribution is 9.10. The minimum absolute atomic E-state index is 0.611. The summed E-state index contributed by atoms with van der Waals surface area (Å²) in [5.41, 5.74) is 2.16. The van der Waals surface area contributed by atoms with Crippen LogP contribution in [0.4, 0.5) is 0 Å². The molecule has 0 saturated heterocycles. The summed E-state index contributed by atoms with van der Waals surface area (Å²) in [4.78, 5) is 8.41. The van der Waals surface area contributed by atoms with Gasteiger partial charge >= 0.3 is 0 Å². The maximum atomic E-state index is 5.73. The topological polar surface area (TPSA) is 47.0 Å². The van der Waals surface area contributed by atoms with Crippen LogP contribution < -0.4 is 10.1 Å². The van der Waals surface area contributed by atoms with E-state index in [1.54, 1.807) is 12.4 Å². The molecular formula is C14H16BrN3O. The first kappa shape index (κ1) is 14.0. The van der Waals surface area contributed by atoms with Gasteiger partial charge in [0.05, 0.1) is 6.20 Å². The molecule has 2 heterocycles. The number of nitrogens with one attached hydrogen (secondary N) is 1. The highest BCUT2D eigenvalue weighted by Crippen LogP contribution is 2.24. The summed E-state index contributed by atoms with van der Waals surface area (Å²) in [6, 6.07) is 3.94. The Morgan fingerprint density at radius 1 is 1.26 bits per heavy atom. The fourth-order valence-electron chi connectivity index (χ4n) is 1.65. The van der Waals surface area contributed by atoms with Gasteiger partial charge in [0, 0.05) is 29.0 Å². The molecule has 0 fully saturated rings. The third-order valence-electron chi connectivity index (χ3n) is 2.56. The van der Waals surface area contributed by atoms with Crippen molar-refractivity contribution < 1.29 is 4.74 Å². The van der Waals surface area contributed by atoms with Crippen molar-refractivity contribution in [3.05, 3.63) is 46.3 Å². The first-order valence-electron chi connectivity index (χ1n) is 6.13. The van der Waals surface area contributed by atoms with Crippen LogP contribution in [0, 0.1) is 6.92 Å². The van der Waals surface area contributed by atoms with E-state index >= 15 is 0 Å². The van der Waals surface area contributed by atoms with E-state index in [0.29, 0.717) is 11.6 Å². The molecule has 0 saturated carbocycles. The Hall–Kier alpha value is -1.46. The van der Waals surface area contributed by atoms with Gasteiger partial charge in [-0.2, -0.15) is 0 Å². The molecule has 2 aromatic heterocycles. The number of pyridine rings is 2. The molecule has 0 aliphatic rings. The third-order valence-corrected chi connectivity index (χ3v) is 2.99. The van der Waals surface area contributed by atoms with Crippen molar-refractivity contribution >= 4 is 15.9 Å².